The Kier molecular flexibility index (Phi) is 6.75. The van der Waals surface area contributed by atoms with Crippen molar-refractivity contribution >= 4 is 35.0 Å². The van der Waals surface area contributed by atoms with Gasteiger partial charge in [-0.2, -0.15) is 13.2 Å². The molecule has 29 heavy (non-hydrogen) atoms. The van der Waals surface area contributed by atoms with Crippen molar-refractivity contribution in [2.45, 2.75) is 19.0 Å². The largest absolute Gasteiger partial charge is 0.449 e. The molecule has 0 atom stereocenters. The molecule has 0 bridgehead atoms. The lowest BCUT2D eigenvalue weighted by Crippen LogP contribution is -2.25. The van der Waals surface area contributed by atoms with Crippen LogP contribution in [-0.2, 0) is 15.7 Å². The first kappa shape index (κ1) is 21.1. The van der Waals surface area contributed by atoms with E-state index in [0.29, 0.717) is 23.9 Å². The molecule has 1 aromatic carbocycles. The van der Waals surface area contributed by atoms with Crippen LogP contribution in [0.2, 0.25) is 5.02 Å². The highest BCUT2D eigenvalue weighted by atomic mass is 35.5. The van der Waals surface area contributed by atoms with E-state index in [4.69, 9.17) is 21.1 Å². The summed E-state index contributed by atoms with van der Waals surface area (Å²) in [5, 5.41) is 5.11. The Morgan fingerprint density at radius 1 is 1.31 bits per heavy atom. The molecule has 1 amide bonds. The number of halogens is 4. The van der Waals surface area contributed by atoms with Crippen LogP contribution >= 0.6 is 11.6 Å². The minimum Gasteiger partial charge on any atom is -0.449 e. The molecule has 1 aliphatic heterocycles. The minimum atomic E-state index is -4.81. The average Bonchev–Trinajstić information content (AvgIpc) is 2.68. The number of aromatic nitrogens is 2. The summed E-state index contributed by atoms with van der Waals surface area (Å²) in [4.78, 5) is 19.3. The summed E-state index contributed by atoms with van der Waals surface area (Å²) < 4.78 is 50.5. The van der Waals surface area contributed by atoms with Crippen LogP contribution < -0.4 is 10.6 Å². The highest BCUT2D eigenvalue weighted by Crippen LogP contribution is 2.34. The van der Waals surface area contributed by atoms with Crippen molar-refractivity contribution in [3.05, 3.63) is 41.2 Å². The van der Waals surface area contributed by atoms with E-state index < -0.39 is 23.7 Å². The molecule has 0 unspecified atom stereocenters. The smallest absolute Gasteiger partial charge is 0.435 e. The van der Waals surface area contributed by atoms with Gasteiger partial charge in [-0.3, -0.25) is 5.32 Å². The van der Waals surface area contributed by atoms with Gasteiger partial charge < -0.3 is 14.8 Å². The zero-order chi connectivity index (χ0) is 20.9. The van der Waals surface area contributed by atoms with Crippen molar-refractivity contribution in [1.82, 2.24) is 9.97 Å². The highest BCUT2D eigenvalue weighted by Gasteiger charge is 2.37. The number of benzene rings is 1. The molecular weight excluding hydrogens is 413 g/mol. The van der Waals surface area contributed by atoms with Crippen LogP contribution in [0.4, 0.5) is 35.3 Å². The maximum absolute atomic E-state index is 13.4. The molecule has 1 aliphatic rings. The fraction of sp³-hybridized carbons (Fsp3) is 0.389. The summed E-state index contributed by atoms with van der Waals surface area (Å²) in [7, 11) is 0. The molecule has 0 radical (unpaired) electrons. The van der Waals surface area contributed by atoms with E-state index in [2.05, 4.69) is 20.6 Å². The molecule has 1 fully saturated rings. The van der Waals surface area contributed by atoms with E-state index >= 15 is 0 Å². The zero-order valence-electron chi connectivity index (χ0n) is 15.1. The van der Waals surface area contributed by atoms with Crippen LogP contribution in [0.15, 0.2) is 30.5 Å². The Hall–Kier alpha value is -2.59. The third kappa shape index (κ3) is 6.20. The van der Waals surface area contributed by atoms with E-state index in [9.17, 15) is 18.0 Å². The Bertz CT molecular complexity index is 860. The van der Waals surface area contributed by atoms with Gasteiger partial charge in [-0.05, 0) is 37.0 Å². The van der Waals surface area contributed by atoms with Crippen LogP contribution in [0.1, 0.15) is 18.5 Å². The Morgan fingerprint density at radius 3 is 2.76 bits per heavy atom. The SMILES string of the molecule is O=C(Nc1cnc(Nc2cccc(Cl)c2)nc1C(F)(F)F)OCC1CCOCC1. The lowest BCUT2D eigenvalue weighted by molar-refractivity contribution is -0.140. The van der Waals surface area contributed by atoms with E-state index in [0.717, 1.165) is 19.0 Å². The molecule has 7 nitrogen and oxygen atoms in total. The van der Waals surface area contributed by atoms with E-state index in [1.54, 1.807) is 18.2 Å². The number of alkyl halides is 3. The number of carbonyl (C=O) groups is 1. The number of nitrogens with one attached hydrogen (secondary N) is 2. The molecule has 11 heteroatoms. The standard InChI is InChI=1S/C18H18ClF3N4O3/c19-12-2-1-3-13(8-12)24-16-23-9-14(15(26-16)18(20,21)22)25-17(27)29-10-11-4-6-28-7-5-11/h1-3,8-9,11H,4-7,10H2,(H,25,27)(H,23,24,26). The maximum atomic E-state index is 13.4. The van der Waals surface area contributed by atoms with Crippen molar-refractivity contribution in [2.75, 3.05) is 30.5 Å². The first-order chi connectivity index (χ1) is 13.8. The third-order valence-electron chi connectivity index (χ3n) is 4.17. The second-order valence-electron chi connectivity index (χ2n) is 6.37. The molecule has 2 heterocycles. The van der Waals surface area contributed by atoms with Crippen LogP contribution in [-0.4, -0.2) is 35.9 Å². The topological polar surface area (TPSA) is 85.4 Å². The molecule has 0 aliphatic carbocycles. The fourth-order valence-corrected chi connectivity index (χ4v) is 2.89. The number of nitrogens with zero attached hydrogens (tertiary/aromatic N) is 2. The average molecular weight is 431 g/mol. The predicted molar refractivity (Wildman–Crippen MR) is 100 cm³/mol. The van der Waals surface area contributed by atoms with Crippen LogP contribution in [0, 0.1) is 5.92 Å². The van der Waals surface area contributed by atoms with Gasteiger partial charge in [0.15, 0.2) is 5.69 Å². The van der Waals surface area contributed by atoms with Gasteiger partial charge in [-0.15, -0.1) is 0 Å². The molecular formula is C18H18ClF3N4O3. The molecule has 1 saturated heterocycles. The molecule has 156 valence electrons. The van der Waals surface area contributed by atoms with Crippen molar-refractivity contribution in [3.8, 4) is 0 Å². The number of rotatable bonds is 5. The zero-order valence-corrected chi connectivity index (χ0v) is 15.9. The predicted octanol–water partition coefficient (Wildman–Crippen LogP) is 4.87. The maximum Gasteiger partial charge on any atom is 0.435 e. The molecule has 2 N–H and O–H groups in total. The van der Waals surface area contributed by atoms with Crippen LogP contribution in [0.25, 0.3) is 0 Å². The van der Waals surface area contributed by atoms with Crippen LogP contribution in [0.3, 0.4) is 0 Å². The first-order valence-corrected chi connectivity index (χ1v) is 9.17. The summed E-state index contributed by atoms with van der Waals surface area (Å²) in [6, 6.07) is 6.35. The van der Waals surface area contributed by atoms with Crippen molar-refractivity contribution in [1.29, 1.82) is 0 Å². The van der Waals surface area contributed by atoms with Gasteiger partial charge >= 0.3 is 12.3 Å². The normalized spacial score (nSPS) is 15.0. The second-order valence-corrected chi connectivity index (χ2v) is 6.80. The number of ether oxygens (including phenoxy) is 2. The summed E-state index contributed by atoms with van der Waals surface area (Å²) in [6.07, 6.45) is -3.47. The Balaban J connectivity index is 1.69. The summed E-state index contributed by atoms with van der Waals surface area (Å²) in [5.41, 5.74) is -1.46. The molecule has 1 aromatic heterocycles. The number of anilines is 3. The third-order valence-corrected chi connectivity index (χ3v) is 4.40. The second kappa shape index (κ2) is 9.27. The van der Waals surface area contributed by atoms with E-state index in [1.165, 1.54) is 6.07 Å². The van der Waals surface area contributed by atoms with Crippen LogP contribution in [0.5, 0.6) is 0 Å². The van der Waals surface area contributed by atoms with Gasteiger partial charge in [0.1, 0.15) is 0 Å². The van der Waals surface area contributed by atoms with Crippen molar-refractivity contribution in [2.24, 2.45) is 5.92 Å². The van der Waals surface area contributed by atoms with Gasteiger partial charge in [0.2, 0.25) is 5.95 Å². The monoisotopic (exact) mass is 430 g/mol. The number of amides is 1. The first-order valence-electron chi connectivity index (χ1n) is 8.79. The summed E-state index contributed by atoms with van der Waals surface area (Å²) in [6.45, 7) is 1.25. The summed E-state index contributed by atoms with van der Waals surface area (Å²) >= 11 is 5.85. The fourth-order valence-electron chi connectivity index (χ4n) is 2.70. The number of carbonyl (C=O) groups excluding carboxylic acids is 1. The molecule has 0 spiro atoms. The number of hydrogen-bond acceptors (Lipinski definition) is 6. The molecule has 0 saturated carbocycles. The molecule has 3 rings (SSSR count). The highest BCUT2D eigenvalue weighted by molar-refractivity contribution is 6.30. The van der Waals surface area contributed by atoms with Gasteiger partial charge in [-0.1, -0.05) is 17.7 Å². The lowest BCUT2D eigenvalue weighted by Gasteiger charge is -2.21. The Morgan fingerprint density at radius 2 is 2.07 bits per heavy atom. The van der Waals surface area contributed by atoms with Gasteiger partial charge in [0.05, 0.1) is 18.5 Å². The lowest BCUT2D eigenvalue weighted by atomic mass is 10.0. The van der Waals surface area contributed by atoms with Crippen molar-refractivity contribution < 1.29 is 27.4 Å². The summed E-state index contributed by atoms with van der Waals surface area (Å²) in [5.74, 6) is -0.169. The Labute approximate surface area is 169 Å². The van der Waals surface area contributed by atoms with E-state index in [1.807, 2.05) is 0 Å². The van der Waals surface area contributed by atoms with E-state index in [-0.39, 0.29) is 18.5 Å². The quantitative estimate of drug-likeness (QED) is 0.704. The van der Waals surface area contributed by atoms with Gasteiger partial charge in [0.25, 0.3) is 0 Å². The minimum absolute atomic E-state index is 0.103. The van der Waals surface area contributed by atoms with Crippen molar-refractivity contribution in [3.63, 3.8) is 0 Å². The van der Waals surface area contributed by atoms with Gasteiger partial charge in [-0.25, -0.2) is 14.8 Å². The van der Waals surface area contributed by atoms with Gasteiger partial charge in [0, 0.05) is 23.9 Å². The molecule has 2 aromatic rings. The number of hydrogen-bond donors (Lipinski definition) is 2.